The highest BCUT2D eigenvalue weighted by molar-refractivity contribution is 14.1. The standard InChI is InChI=1S/C14H19IN2O/c15-11-6-2-3-7-12(11)17-13(18)10-14(16)8-4-1-5-9-14/h2-3,6-7H,1,4-5,8-10,16H2,(H,17,18). The van der Waals surface area contributed by atoms with Crippen molar-refractivity contribution in [2.75, 3.05) is 5.32 Å². The fourth-order valence-corrected chi connectivity index (χ4v) is 3.03. The largest absolute Gasteiger partial charge is 0.325 e. The Kier molecular flexibility index (Phi) is 4.61. The van der Waals surface area contributed by atoms with Gasteiger partial charge < -0.3 is 11.1 Å². The van der Waals surface area contributed by atoms with Gasteiger partial charge in [0.25, 0.3) is 0 Å². The first kappa shape index (κ1) is 13.8. The number of anilines is 1. The van der Waals surface area contributed by atoms with Crippen LogP contribution in [-0.4, -0.2) is 11.4 Å². The predicted octanol–water partition coefficient (Wildman–Crippen LogP) is 3.28. The van der Waals surface area contributed by atoms with E-state index in [0.29, 0.717) is 6.42 Å². The molecular weight excluding hydrogens is 339 g/mol. The molecule has 0 bridgehead atoms. The van der Waals surface area contributed by atoms with Gasteiger partial charge in [0.15, 0.2) is 0 Å². The molecule has 18 heavy (non-hydrogen) atoms. The Bertz CT molecular complexity index is 428. The van der Waals surface area contributed by atoms with Crippen LogP contribution in [-0.2, 0) is 4.79 Å². The van der Waals surface area contributed by atoms with Gasteiger partial charge in [-0.1, -0.05) is 31.4 Å². The van der Waals surface area contributed by atoms with Crippen molar-refractivity contribution in [2.45, 2.75) is 44.1 Å². The van der Waals surface area contributed by atoms with E-state index in [0.717, 1.165) is 34.9 Å². The zero-order chi connectivity index (χ0) is 13.0. The summed E-state index contributed by atoms with van der Waals surface area (Å²) in [7, 11) is 0. The lowest BCUT2D eigenvalue weighted by atomic mass is 9.80. The summed E-state index contributed by atoms with van der Waals surface area (Å²) in [6, 6.07) is 7.79. The second-order valence-electron chi connectivity index (χ2n) is 5.13. The molecule has 1 aromatic rings. The number of carbonyl (C=O) groups excluding carboxylic acids is 1. The SMILES string of the molecule is NC1(CC(=O)Nc2ccccc2I)CCCCC1. The van der Waals surface area contributed by atoms with Crippen molar-refractivity contribution in [3.05, 3.63) is 27.8 Å². The summed E-state index contributed by atoms with van der Waals surface area (Å²) >= 11 is 2.22. The van der Waals surface area contributed by atoms with Crippen molar-refractivity contribution in [1.82, 2.24) is 0 Å². The number of carbonyl (C=O) groups is 1. The third-order valence-corrected chi connectivity index (χ3v) is 4.45. The van der Waals surface area contributed by atoms with Gasteiger partial charge in [0.2, 0.25) is 5.91 Å². The average Bonchev–Trinajstić information content (AvgIpc) is 2.32. The van der Waals surface area contributed by atoms with Crippen LogP contribution in [0.1, 0.15) is 38.5 Å². The zero-order valence-corrected chi connectivity index (χ0v) is 12.6. The van der Waals surface area contributed by atoms with E-state index in [2.05, 4.69) is 27.9 Å². The lowest BCUT2D eigenvalue weighted by molar-refractivity contribution is -0.117. The molecule has 0 unspecified atom stereocenters. The van der Waals surface area contributed by atoms with Crippen LogP contribution < -0.4 is 11.1 Å². The van der Waals surface area contributed by atoms with Gasteiger partial charge in [-0.25, -0.2) is 0 Å². The van der Waals surface area contributed by atoms with Crippen molar-refractivity contribution in [2.24, 2.45) is 5.73 Å². The maximum atomic E-state index is 12.0. The van der Waals surface area contributed by atoms with E-state index in [-0.39, 0.29) is 11.4 Å². The lowest BCUT2D eigenvalue weighted by Crippen LogP contribution is -2.44. The first-order valence-electron chi connectivity index (χ1n) is 6.42. The number of nitrogens with one attached hydrogen (secondary N) is 1. The number of hydrogen-bond donors (Lipinski definition) is 2. The summed E-state index contributed by atoms with van der Waals surface area (Å²) in [5.41, 5.74) is 6.88. The second-order valence-corrected chi connectivity index (χ2v) is 6.29. The van der Waals surface area contributed by atoms with E-state index < -0.39 is 0 Å². The summed E-state index contributed by atoms with van der Waals surface area (Å²) in [5.74, 6) is 0.0310. The third kappa shape index (κ3) is 3.68. The first-order chi connectivity index (χ1) is 8.59. The van der Waals surface area contributed by atoms with Gasteiger partial charge in [0, 0.05) is 15.5 Å². The Morgan fingerprint density at radius 3 is 2.61 bits per heavy atom. The molecule has 1 amide bonds. The Morgan fingerprint density at radius 2 is 1.94 bits per heavy atom. The molecule has 2 rings (SSSR count). The number of amides is 1. The minimum absolute atomic E-state index is 0.0310. The zero-order valence-electron chi connectivity index (χ0n) is 10.4. The van der Waals surface area contributed by atoms with E-state index in [1.54, 1.807) is 0 Å². The minimum Gasteiger partial charge on any atom is -0.325 e. The lowest BCUT2D eigenvalue weighted by Gasteiger charge is -2.32. The van der Waals surface area contributed by atoms with Crippen LogP contribution in [0.25, 0.3) is 0 Å². The summed E-state index contributed by atoms with van der Waals surface area (Å²) in [4.78, 5) is 12.0. The van der Waals surface area contributed by atoms with Gasteiger partial charge in [0.05, 0.1) is 5.69 Å². The topological polar surface area (TPSA) is 55.1 Å². The van der Waals surface area contributed by atoms with Crippen molar-refractivity contribution < 1.29 is 4.79 Å². The summed E-state index contributed by atoms with van der Waals surface area (Å²) in [5, 5.41) is 2.96. The van der Waals surface area contributed by atoms with Crippen LogP contribution in [0.15, 0.2) is 24.3 Å². The molecule has 98 valence electrons. The highest BCUT2D eigenvalue weighted by Crippen LogP contribution is 2.29. The Morgan fingerprint density at radius 1 is 1.28 bits per heavy atom. The van der Waals surface area contributed by atoms with E-state index in [9.17, 15) is 4.79 Å². The number of para-hydroxylation sites is 1. The summed E-state index contributed by atoms with van der Waals surface area (Å²) in [6.07, 6.45) is 5.90. The molecule has 0 spiro atoms. The minimum atomic E-state index is -0.289. The Balaban J connectivity index is 1.94. The smallest absolute Gasteiger partial charge is 0.226 e. The van der Waals surface area contributed by atoms with E-state index in [1.807, 2.05) is 24.3 Å². The van der Waals surface area contributed by atoms with Gasteiger partial charge in [-0.3, -0.25) is 4.79 Å². The van der Waals surface area contributed by atoms with Crippen molar-refractivity contribution >= 4 is 34.2 Å². The van der Waals surface area contributed by atoms with Crippen LogP contribution in [0, 0.1) is 3.57 Å². The summed E-state index contributed by atoms with van der Waals surface area (Å²) < 4.78 is 1.05. The third-order valence-electron chi connectivity index (χ3n) is 3.51. The molecule has 1 fully saturated rings. The molecule has 1 aliphatic carbocycles. The molecule has 1 saturated carbocycles. The molecule has 0 heterocycles. The van der Waals surface area contributed by atoms with Crippen LogP contribution in [0.3, 0.4) is 0 Å². The van der Waals surface area contributed by atoms with Crippen molar-refractivity contribution in [3.63, 3.8) is 0 Å². The average molecular weight is 358 g/mol. The monoisotopic (exact) mass is 358 g/mol. The van der Waals surface area contributed by atoms with Gasteiger partial charge in [0.1, 0.15) is 0 Å². The van der Waals surface area contributed by atoms with Crippen LogP contribution in [0.2, 0.25) is 0 Å². The maximum Gasteiger partial charge on any atom is 0.226 e. The molecule has 0 saturated heterocycles. The first-order valence-corrected chi connectivity index (χ1v) is 7.50. The fourth-order valence-electron chi connectivity index (χ4n) is 2.51. The van der Waals surface area contributed by atoms with Crippen LogP contribution in [0.5, 0.6) is 0 Å². The number of nitrogens with two attached hydrogens (primary N) is 1. The molecule has 3 nitrogen and oxygen atoms in total. The van der Waals surface area contributed by atoms with Gasteiger partial charge in [-0.05, 0) is 47.6 Å². The molecule has 0 radical (unpaired) electrons. The molecule has 0 atom stereocenters. The second kappa shape index (κ2) is 6.02. The van der Waals surface area contributed by atoms with Gasteiger partial charge in [-0.15, -0.1) is 0 Å². The van der Waals surface area contributed by atoms with Crippen LogP contribution in [0.4, 0.5) is 5.69 Å². The molecule has 1 aliphatic rings. The number of benzene rings is 1. The number of halogens is 1. The molecule has 0 aromatic heterocycles. The van der Waals surface area contributed by atoms with Gasteiger partial charge in [-0.2, -0.15) is 0 Å². The van der Waals surface area contributed by atoms with Crippen molar-refractivity contribution in [3.8, 4) is 0 Å². The van der Waals surface area contributed by atoms with Gasteiger partial charge >= 0.3 is 0 Å². The van der Waals surface area contributed by atoms with E-state index in [4.69, 9.17) is 5.73 Å². The van der Waals surface area contributed by atoms with Crippen molar-refractivity contribution in [1.29, 1.82) is 0 Å². The normalized spacial score (nSPS) is 18.3. The predicted molar refractivity (Wildman–Crippen MR) is 82.4 cm³/mol. The molecule has 0 aliphatic heterocycles. The fraction of sp³-hybridized carbons (Fsp3) is 0.500. The number of hydrogen-bond acceptors (Lipinski definition) is 2. The van der Waals surface area contributed by atoms with E-state index in [1.165, 1.54) is 6.42 Å². The molecule has 4 heteroatoms. The maximum absolute atomic E-state index is 12.0. The highest BCUT2D eigenvalue weighted by Gasteiger charge is 2.30. The molecular formula is C14H19IN2O. The highest BCUT2D eigenvalue weighted by atomic mass is 127. The quantitative estimate of drug-likeness (QED) is 0.815. The Labute approximate surface area is 122 Å². The Hall–Kier alpha value is -0.620. The molecule has 1 aromatic carbocycles. The molecule has 3 N–H and O–H groups in total. The van der Waals surface area contributed by atoms with E-state index >= 15 is 0 Å². The van der Waals surface area contributed by atoms with Crippen LogP contribution >= 0.6 is 22.6 Å². The summed E-state index contributed by atoms with van der Waals surface area (Å²) in [6.45, 7) is 0. The number of rotatable bonds is 3.